The van der Waals surface area contributed by atoms with Crippen LogP contribution in [-0.2, 0) is 11.2 Å². The normalized spacial score (nSPS) is 11.9. The second kappa shape index (κ2) is 7.51. The first-order valence-electron chi connectivity index (χ1n) is 7.64. The number of hydrogen-bond donors (Lipinski definition) is 1. The van der Waals surface area contributed by atoms with Crippen molar-refractivity contribution in [1.82, 2.24) is 5.32 Å². The van der Waals surface area contributed by atoms with Crippen LogP contribution in [-0.4, -0.2) is 19.6 Å². The number of aryl methyl sites for hydroxylation is 2. The molecular formula is C19H22ClNO2. The van der Waals surface area contributed by atoms with Gasteiger partial charge in [0.1, 0.15) is 5.75 Å². The summed E-state index contributed by atoms with van der Waals surface area (Å²) in [5, 5.41) is 3.18. The van der Waals surface area contributed by atoms with E-state index in [9.17, 15) is 4.79 Å². The lowest BCUT2D eigenvalue weighted by atomic mass is 9.95. The molecule has 0 spiro atoms. The van der Waals surface area contributed by atoms with Crippen LogP contribution in [0, 0.1) is 13.8 Å². The van der Waals surface area contributed by atoms with E-state index >= 15 is 0 Å². The number of halogens is 1. The maximum atomic E-state index is 9.70. The molecule has 1 heterocycles. The molecule has 0 unspecified atom stereocenters. The molecule has 3 nitrogen and oxygen atoms in total. The Bertz CT molecular complexity index is 705. The largest absolute Gasteiger partial charge is 0.492 e. The fourth-order valence-electron chi connectivity index (χ4n) is 2.63. The highest BCUT2D eigenvalue weighted by Crippen LogP contribution is 2.42. The Balaban J connectivity index is 0.000000338. The molecular weight excluding hydrogens is 310 g/mol. The maximum absolute atomic E-state index is 9.70. The SMILES string of the molecule is CNC(C)=O.Cc1cc2c(c(-c3c(C)cccc3Cl)c1)OCC2. The first kappa shape index (κ1) is 17.4. The molecule has 1 N–H and O–H groups in total. The zero-order valence-electron chi connectivity index (χ0n) is 14.0. The summed E-state index contributed by atoms with van der Waals surface area (Å²) < 4.78 is 5.79. The molecule has 0 aromatic heterocycles. The van der Waals surface area contributed by atoms with Crippen LogP contribution in [0.1, 0.15) is 23.6 Å². The Morgan fingerprint density at radius 1 is 1.26 bits per heavy atom. The second-order valence-electron chi connectivity index (χ2n) is 5.64. The van der Waals surface area contributed by atoms with Gasteiger partial charge in [-0.3, -0.25) is 4.79 Å². The zero-order valence-corrected chi connectivity index (χ0v) is 14.8. The Labute approximate surface area is 142 Å². The summed E-state index contributed by atoms with van der Waals surface area (Å²) in [7, 11) is 1.60. The van der Waals surface area contributed by atoms with Gasteiger partial charge < -0.3 is 10.1 Å². The van der Waals surface area contributed by atoms with Crippen molar-refractivity contribution in [3.63, 3.8) is 0 Å². The number of ether oxygens (including phenoxy) is 1. The van der Waals surface area contributed by atoms with Gasteiger partial charge in [0.15, 0.2) is 0 Å². The lowest BCUT2D eigenvalue weighted by molar-refractivity contribution is -0.118. The molecule has 0 fully saturated rings. The Morgan fingerprint density at radius 3 is 2.57 bits per heavy atom. The van der Waals surface area contributed by atoms with Gasteiger partial charge in [-0.25, -0.2) is 0 Å². The van der Waals surface area contributed by atoms with Crippen molar-refractivity contribution < 1.29 is 9.53 Å². The summed E-state index contributed by atoms with van der Waals surface area (Å²) in [5.41, 5.74) is 5.97. The molecule has 0 atom stereocenters. The molecule has 1 amide bonds. The van der Waals surface area contributed by atoms with E-state index in [0.29, 0.717) is 0 Å². The van der Waals surface area contributed by atoms with E-state index in [2.05, 4.69) is 37.4 Å². The van der Waals surface area contributed by atoms with Crippen LogP contribution in [0.2, 0.25) is 5.02 Å². The lowest BCUT2D eigenvalue weighted by Gasteiger charge is -2.13. The summed E-state index contributed by atoms with van der Waals surface area (Å²) in [6.45, 7) is 6.45. The minimum absolute atomic E-state index is 0.00463. The van der Waals surface area contributed by atoms with E-state index in [1.54, 1.807) is 7.05 Å². The Hall–Kier alpha value is -2.00. The molecule has 2 aromatic carbocycles. The summed E-state index contributed by atoms with van der Waals surface area (Å²) in [5.74, 6) is 1.02. The number of nitrogens with one attached hydrogen (secondary N) is 1. The van der Waals surface area contributed by atoms with Crippen molar-refractivity contribution in [2.45, 2.75) is 27.2 Å². The molecule has 23 heavy (non-hydrogen) atoms. The highest BCUT2D eigenvalue weighted by molar-refractivity contribution is 6.33. The number of hydrogen-bond acceptors (Lipinski definition) is 2. The molecule has 0 radical (unpaired) electrons. The third-order valence-electron chi connectivity index (χ3n) is 3.77. The number of benzene rings is 2. The molecule has 4 heteroatoms. The highest BCUT2D eigenvalue weighted by atomic mass is 35.5. The molecule has 0 aliphatic carbocycles. The van der Waals surface area contributed by atoms with Gasteiger partial charge in [-0.15, -0.1) is 0 Å². The molecule has 0 saturated heterocycles. The number of rotatable bonds is 1. The van der Waals surface area contributed by atoms with Crippen LogP contribution in [0.4, 0.5) is 0 Å². The summed E-state index contributed by atoms with van der Waals surface area (Å²) in [4.78, 5) is 9.70. The molecule has 0 bridgehead atoms. The number of amides is 1. The van der Waals surface area contributed by atoms with E-state index in [4.69, 9.17) is 16.3 Å². The van der Waals surface area contributed by atoms with E-state index in [1.807, 2.05) is 12.1 Å². The number of fused-ring (bicyclic) bond motifs is 1. The van der Waals surface area contributed by atoms with Crippen LogP contribution in [0.5, 0.6) is 5.75 Å². The fourth-order valence-corrected chi connectivity index (χ4v) is 2.95. The fraction of sp³-hybridized carbons (Fsp3) is 0.316. The van der Waals surface area contributed by atoms with Gasteiger partial charge >= 0.3 is 0 Å². The van der Waals surface area contributed by atoms with Gasteiger partial charge in [0.2, 0.25) is 5.91 Å². The standard InChI is InChI=1S/C16H15ClO.C3H7NO/c1-10-8-12-6-7-18-16(12)13(9-10)15-11(2)4-3-5-14(15)17;1-3(5)4-2/h3-5,8-9H,6-7H2,1-2H3;1-2H3,(H,4,5). The van der Waals surface area contributed by atoms with Crippen LogP contribution < -0.4 is 10.1 Å². The minimum atomic E-state index is 0.00463. The third kappa shape index (κ3) is 4.05. The third-order valence-corrected chi connectivity index (χ3v) is 4.09. The molecule has 3 rings (SSSR count). The molecule has 122 valence electrons. The topological polar surface area (TPSA) is 38.3 Å². The minimum Gasteiger partial charge on any atom is -0.492 e. The summed E-state index contributed by atoms with van der Waals surface area (Å²) >= 11 is 6.36. The predicted molar refractivity (Wildman–Crippen MR) is 95.3 cm³/mol. The van der Waals surface area contributed by atoms with Gasteiger partial charge in [-0.05, 0) is 42.7 Å². The molecule has 1 aliphatic rings. The van der Waals surface area contributed by atoms with Crippen molar-refractivity contribution in [2.75, 3.05) is 13.7 Å². The molecule has 1 aliphatic heterocycles. The smallest absolute Gasteiger partial charge is 0.216 e. The van der Waals surface area contributed by atoms with Crippen molar-refractivity contribution in [2.24, 2.45) is 0 Å². The van der Waals surface area contributed by atoms with Crippen LogP contribution >= 0.6 is 11.6 Å². The average Bonchev–Trinajstić information content (AvgIpc) is 2.95. The van der Waals surface area contributed by atoms with Gasteiger partial charge in [0.25, 0.3) is 0 Å². The Morgan fingerprint density at radius 2 is 1.96 bits per heavy atom. The second-order valence-corrected chi connectivity index (χ2v) is 6.04. The van der Waals surface area contributed by atoms with Gasteiger partial charge in [-0.1, -0.05) is 29.8 Å². The summed E-state index contributed by atoms with van der Waals surface area (Å²) in [6, 6.07) is 10.4. The number of carbonyl (C=O) groups is 1. The average molecular weight is 332 g/mol. The lowest BCUT2D eigenvalue weighted by Crippen LogP contribution is -2.11. The molecule has 0 saturated carbocycles. The van der Waals surface area contributed by atoms with E-state index < -0.39 is 0 Å². The van der Waals surface area contributed by atoms with Crippen molar-refractivity contribution >= 4 is 17.5 Å². The summed E-state index contributed by atoms with van der Waals surface area (Å²) in [6.07, 6.45) is 0.994. The van der Waals surface area contributed by atoms with E-state index in [0.717, 1.165) is 34.9 Å². The maximum Gasteiger partial charge on any atom is 0.216 e. The highest BCUT2D eigenvalue weighted by Gasteiger charge is 2.20. The van der Waals surface area contributed by atoms with E-state index in [-0.39, 0.29) is 5.91 Å². The first-order valence-corrected chi connectivity index (χ1v) is 8.02. The quantitative estimate of drug-likeness (QED) is 0.845. The predicted octanol–water partition coefficient (Wildman–Crippen LogP) is 4.31. The Kier molecular flexibility index (Phi) is 5.67. The monoisotopic (exact) mass is 331 g/mol. The number of carbonyl (C=O) groups excluding carboxylic acids is 1. The first-order chi connectivity index (χ1) is 10.9. The zero-order chi connectivity index (χ0) is 17.0. The van der Waals surface area contributed by atoms with Crippen LogP contribution in [0.15, 0.2) is 30.3 Å². The van der Waals surface area contributed by atoms with Crippen molar-refractivity contribution in [3.8, 4) is 16.9 Å². The van der Waals surface area contributed by atoms with Gasteiger partial charge in [0.05, 0.1) is 6.61 Å². The van der Waals surface area contributed by atoms with Crippen LogP contribution in [0.3, 0.4) is 0 Å². The molecule has 2 aromatic rings. The van der Waals surface area contributed by atoms with E-state index in [1.165, 1.54) is 23.6 Å². The van der Waals surface area contributed by atoms with Crippen molar-refractivity contribution in [1.29, 1.82) is 0 Å². The van der Waals surface area contributed by atoms with Gasteiger partial charge in [-0.2, -0.15) is 0 Å². The van der Waals surface area contributed by atoms with Crippen molar-refractivity contribution in [3.05, 3.63) is 52.0 Å². The van der Waals surface area contributed by atoms with Gasteiger partial charge in [0, 0.05) is 36.5 Å². The van der Waals surface area contributed by atoms with Crippen LogP contribution in [0.25, 0.3) is 11.1 Å².